The molecule has 0 atom stereocenters. The lowest BCUT2D eigenvalue weighted by atomic mass is 10.1. The second-order valence-corrected chi connectivity index (χ2v) is 6.33. The van der Waals surface area contributed by atoms with Gasteiger partial charge in [-0.2, -0.15) is 5.10 Å². The normalized spacial score (nSPS) is 10.6. The van der Waals surface area contributed by atoms with E-state index in [2.05, 4.69) is 21.6 Å². The van der Waals surface area contributed by atoms with Gasteiger partial charge in [0.25, 0.3) is 11.6 Å². The summed E-state index contributed by atoms with van der Waals surface area (Å²) in [5.74, 6) is -0.274. The van der Waals surface area contributed by atoms with Crippen LogP contribution in [0.25, 0.3) is 11.3 Å². The molecule has 0 spiro atoms. The number of carbonyl (C=O) groups excluding carboxylic acids is 1. The van der Waals surface area contributed by atoms with E-state index >= 15 is 0 Å². The summed E-state index contributed by atoms with van der Waals surface area (Å²) in [6.45, 7) is 4.00. The number of nitrogens with zero attached hydrogens (tertiary/aromatic N) is 2. The predicted molar refractivity (Wildman–Crippen MR) is 99.6 cm³/mol. The number of nitro groups is 1. The van der Waals surface area contributed by atoms with Crippen molar-refractivity contribution in [2.45, 2.75) is 13.8 Å². The molecule has 1 aromatic heterocycles. The largest absolute Gasteiger partial charge is 0.305 e. The summed E-state index contributed by atoms with van der Waals surface area (Å²) in [6, 6.07) is 11.5. The van der Waals surface area contributed by atoms with Gasteiger partial charge in [0.05, 0.1) is 21.2 Å². The Morgan fingerprint density at radius 2 is 1.85 bits per heavy atom. The van der Waals surface area contributed by atoms with Crippen LogP contribution in [-0.2, 0) is 0 Å². The van der Waals surface area contributed by atoms with Crippen LogP contribution in [-0.4, -0.2) is 21.0 Å². The summed E-state index contributed by atoms with van der Waals surface area (Å²) in [6.07, 6.45) is 0. The summed E-state index contributed by atoms with van der Waals surface area (Å²) in [7, 11) is 0. The van der Waals surface area contributed by atoms with Gasteiger partial charge in [-0.15, -0.1) is 0 Å². The van der Waals surface area contributed by atoms with E-state index < -0.39 is 10.8 Å². The topological polar surface area (TPSA) is 101 Å². The van der Waals surface area contributed by atoms with E-state index in [1.54, 1.807) is 6.07 Å². The summed E-state index contributed by atoms with van der Waals surface area (Å²) in [5, 5.41) is 20.5. The highest BCUT2D eigenvalue weighted by atomic mass is 35.5. The zero-order valence-electron chi connectivity index (χ0n) is 14.0. The minimum Gasteiger partial charge on any atom is -0.305 e. The van der Waals surface area contributed by atoms with Crippen molar-refractivity contribution in [2.24, 2.45) is 0 Å². The number of carbonyl (C=O) groups is 1. The van der Waals surface area contributed by atoms with Crippen LogP contribution in [0.15, 0.2) is 42.5 Å². The third kappa shape index (κ3) is 3.73. The van der Waals surface area contributed by atoms with Crippen LogP contribution < -0.4 is 5.32 Å². The Labute approximate surface area is 154 Å². The molecule has 1 heterocycles. The fraction of sp³-hybridized carbons (Fsp3) is 0.111. The summed E-state index contributed by atoms with van der Waals surface area (Å²) >= 11 is 5.99. The number of hydrogen-bond acceptors (Lipinski definition) is 4. The van der Waals surface area contributed by atoms with Gasteiger partial charge in [-0.05, 0) is 32.0 Å². The molecular weight excluding hydrogens is 356 g/mol. The summed E-state index contributed by atoms with van der Waals surface area (Å²) in [5.41, 5.74) is 3.72. The first kappa shape index (κ1) is 17.6. The number of aromatic nitrogens is 2. The number of anilines is 1. The van der Waals surface area contributed by atoms with E-state index in [0.29, 0.717) is 5.82 Å². The molecule has 3 aromatic rings. The van der Waals surface area contributed by atoms with Crippen molar-refractivity contribution in [2.75, 3.05) is 5.32 Å². The van der Waals surface area contributed by atoms with E-state index in [1.807, 2.05) is 26.0 Å². The molecule has 7 nitrogen and oxygen atoms in total. The first-order valence-corrected chi connectivity index (χ1v) is 8.10. The SMILES string of the molecule is Cc1cc(C)cc(-c2cc(NC(=O)c3cc([N+](=O)[O-])ccc3Cl)n[nH]2)c1. The molecule has 26 heavy (non-hydrogen) atoms. The van der Waals surface area contributed by atoms with Crippen molar-refractivity contribution in [1.82, 2.24) is 10.2 Å². The average molecular weight is 371 g/mol. The molecular formula is C18H15ClN4O3. The van der Waals surface area contributed by atoms with Gasteiger partial charge in [-0.3, -0.25) is 20.0 Å². The van der Waals surface area contributed by atoms with E-state index in [1.165, 1.54) is 12.1 Å². The first-order valence-electron chi connectivity index (χ1n) is 7.73. The van der Waals surface area contributed by atoms with Crippen molar-refractivity contribution < 1.29 is 9.72 Å². The van der Waals surface area contributed by atoms with Crippen LogP contribution in [0.4, 0.5) is 11.5 Å². The highest BCUT2D eigenvalue weighted by Crippen LogP contribution is 2.25. The number of halogens is 1. The van der Waals surface area contributed by atoms with Gasteiger partial charge < -0.3 is 5.32 Å². The van der Waals surface area contributed by atoms with Gasteiger partial charge >= 0.3 is 0 Å². The standard InChI is InChI=1S/C18H15ClN4O3/c1-10-5-11(2)7-12(6-10)16-9-17(22-21-16)20-18(24)14-8-13(23(25)26)3-4-15(14)19/h3-9H,1-2H3,(H2,20,21,22,24). The molecule has 132 valence electrons. The molecule has 0 saturated carbocycles. The predicted octanol–water partition coefficient (Wildman–Crippen LogP) is 4.51. The van der Waals surface area contributed by atoms with Gasteiger partial charge in [0.2, 0.25) is 0 Å². The van der Waals surface area contributed by atoms with Crippen LogP contribution in [0.5, 0.6) is 0 Å². The van der Waals surface area contributed by atoms with Crippen LogP contribution in [0.3, 0.4) is 0 Å². The molecule has 0 fully saturated rings. The highest BCUT2D eigenvalue weighted by molar-refractivity contribution is 6.34. The molecule has 0 unspecified atom stereocenters. The molecule has 1 amide bonds. The van der Waals surface area contributed by atoms with Crippen molar-refractivity contribution in [3.8, 4) is 11.3 Å². The number of nitrogens with one attached hydrogen (secondary N) is 2. The van der Waals surface area contributed by atoms with E-state index in [9.17, 15) is 14.9 Å². The molecule has 0 radical (unpaired) electrons. The smallest absolute Gasteiger partial charge is 0.270 e. The number of H-pyrrole nitrogens is 1. The van der Waals surface area contributed by atoms with Crippen LogP contribution >= 0.6 is 11.6 Å². The van der Waals surface area contributed by atoms with E-state index in [-0.39, 0.29) is 16.3 Å². The van der Waals surface area contributed by atoms with Gasteiger partial charge in [0, 0.05) is 23.8 Å². The number of non-ortho nitro benzene ring substituents is 1. The Hall–Kier alpha value is -3.19. The van der Waals surface area contributed by atoms with Gasteiger partial charge in [0.15, 0.2) is 5.82 Å². The van der Waals surface area contributed by atoms with Gasteiger partial charge in [0.1, 0.15) is 0 Å². The molecule has 8 heteroatoms. The zero-order chi connectivity index (χ0) is 18.8. The average Bonchev–Trinajstić information content (AvgIpc) is 3.02. The Morgan fingerprint density at radius 3 is 2.50 bits per heavy atom. The molecule has 0 aliphatic rings. The fourth-order valence-corrected chi connectivity index (χ4v) is 2.85. The van der Waals surface area contributed by atoms with Crippen molar-refractivity contribution in [1.29, 1.82) is 0 Å². The third-order valence-corrected chi connectivity index (χ3v) is 4.09. The summed E-state index contributed by atoms with van der Waals surface area (Å²) in [4.78, 5) is 22.7. The zero-order valence-corrected chi connectivity index (χ0v) is 14.8. The maximum absolute atomic E-state index is 12.4. The third-order valence-electron chi connectivity index (χ3n) is 3.76. The Morgan fingerprint density at radius 1 is 1.15 bits per heavy atom. The van der Waals surface area contributed by atoms with Crippen molar-refractivity contribution >= 4 is 29.0 Å². The van der Waals surface area contributed by atoms with Crippen molar-refractivity contribution in [3.05, 3.63) is 74.3 Å². The molecule has 2 N–H and O–H groups in total. The number of hydrogen-bond donors (Lipinski definition) is 2. The maximum atomic E-state index is 12.4. The first-order chi connectivity index (χ1) is 12.3. The fourth-order valence-electron chi connectivity index (χ4n) is 2.65. The molecule has 0 aliphatic carbocycles. The molecule has 3 rings (SSSR count). The lowest BCUT2D eigenvalue weighted by molar-refractivity contribution is -0.384. The number of benzene rings is 2. The Bertz CT molecular complexity index is 993. The van der Waals surface area contributed by atoms with E-state index in [4.69, 9.17) is 11.6 Å². The lowest BCUT2D eigenvalue weighted by Gasteiger charge is -2.04. The molecule has 0 aliphatic heterocycles. The van der Waals surface area contributed by atoms with Crippen molar-refractivity contribution in [3.63, 3.8) is 0 Å². The number of aryl methyl sites for hydroxylation is 2. The quantitative estimate of drug-likeness (QED) is 0.521. The van der Waals surface area contributed by atoms with E-state index in [0.717, 1.165) is 28.5 Å². The van der Waals surface area contributed by atoms with Gasteiger partial charge in [-0.25, -0.2) is 0 Å². The number of rotatable bonds is 4. The number of aromatic amines is 1. The van der Waals surface area contributed by atoms with Gasteiger partial charge in [-0.1, -0.05) is 28.8 Å². The number of amides is 1. The molecule has 0 bridgehead atoms. The van der Waals surface area contributed by atoms with Crippen LogP contribution in [0.1, 0.15) is 21.5 Å². The summed E-state index contributed by atoms with van der Waals surface area (Å²) < 4.78 is 0. The highest BCUT2D eigenvalue weighted by Gasteiger charge is 2.17. The minimum absolute atomic E-state index is 0.0109. The van der Waals surface area contributed by atoms with Crippen LogP contribution in [0, 0.1) is 24.0 Å². The monoisotopic (exact) mass is 370 g/mol. The second-order valence-electron chi connectivity index (χ2n) is 5.92. The van der Waals surface area contributed by atoms with Crippen LogP contribution in [0.2, 0.25) is 5.02 Å². The number of nitro benzene ring substituents is 1. The maximum Gasteiger partial charge on any atom is 0.270 e. The Kier molecular flexibility index (Phi) is 4.73. The lowest BCUT2D eigenvalue weighted by Crippen LogP contribution is -2.13. The second kappa shape index (κ2) is 6.97. The molecule has 0 saturated heterocycles. The Balaban J connectivity index is 1.84. The molecule has 2 aromatic carbocycles. The minimum atomic E-state index is -0.584.